The molecule has 1 fully saturated rings. The van der Waals surface area contributed by atoms with Gasteiger partial charge in [0.2, 0.25) is 0 Å². The molecular formula is C15H25ClN4. The van der Waals surface area contributed by atoms with Crippen molar-refractivity contribution >= 4 is 17.3 Å². The molecule has 20 heavy (non-hydrogen) atoms. The molecule has 4 nitrogen and oxygen atoms in total. The molecule has 2 rings (SSSR count). The summed E-state index contributed by atoms with van der Waals surface area (Å²) in [5.41, 5.74) is 2.09. The second-order valence-electron chi connectivity index (χ2n) is 6.10. The van der Waals surface area contributed by atoms with E-state index < -0.39 is 0 Å². The molecule has 1 aliphatic heterocycles. The lowest BCUT2D eigenvalue weighted by molar-refractivity contribution is 0.372. The molecule has 0 N–H and O–H groups in total. The molecule has 0 aromatic carbocycles. The van der Waals surface area contributed by atoms with Crippen LogP contribution in [0, 0.1) is 0 Å². The minimum absolute atomic E-state index is 0.335. The molecule has 1 saturated heterocycles. The number of hydrogen-bond donors (Lipinski definition) is 0. The Morgan fingerprint density at radius 3 is 2.80 bits per heavy atom. The van der Waals surface area contributed by atoms with Crippen LogP contribution < -0.4 is 4.90 Å². The molecule has 0 aliphatic carbocycles. The Morgan fingerprint density at radius 1 is 1.45 bits per heavy atom. The molecule has 0 amide bonds. The third-order valence-electron chi connectivity index (χ3n) is 3.77. The third-order valence-corrected chi connectivity index (χ3v) is 4.02. The predicted octanol–water partition coefficient (Wildman–Crippen LogP) is 2.87. The van der Waals surface area contributed by atoms with Crippen molar-refractivity contribution in [2.24, 2.45) is 0 Å². The number of nitrogens with zero attached hydrogens (tertiary/aromatic N) is 4. The van der Waals surface area contributed by atoms with E-state index in [1.807, 2.05) is 6.20 Å². The summed E-state index contributed by atoms with van der Waals surface area (Å²) in [5, 5.41) is 0. The fourth-order valence-corrected chi connectivity index (χ4v) is 3.00. The van der Waals surface area contributed by atoms with Gasteiger partial charge in [0.15, 0.2) is 0 Å². The van der Waals surface area contributed by atoms with Crippen molar-refractivity contribution < 1.29 is 0 Å². The van der Waals surface area contributed by atoms with E-state index in [1.54, 1.807) is 0 Å². The van der Waals surface area contributed by atoms with Crippen LogP contribution in [-0.2, 0) is 5.88 Å². The zero-order valence-electron chi connectivity index (χ0n) is 12.9. The van der Waals surface area contributed by atoms with E-state index in [4.69, 9.17) is 11.6 Å². The van der Waals surface area contributed by atoms with Gasteiger partial charge in [0.25, 0.3) is 0 Å². The van der Waals surface area contributed by atoms with Gasteiger partial charge in [-0.25, -0.2) is 9.97 Å². The highest BCUT2D eigenvalue weighted by atomic mass is 35.5. The highest BCUT2D eigenvalue weighted by Gasteiger charge is 2.27. The summed E-state index contributed by atoms with van der Waals surface area (Å²) in [5.74, 6) is 1.66. The molecule has 0 bridgehead atoms. The van der Waals surface area contributed by atoms with Gasteiger partial charge >= 0.3 is 0 Å². The summed E-state index contributed by atoms with van der Waals surface area (Å²) in [6.45, 7) is 6.36. The first kappa shape index (κ1) is 15.5. The largest absolute Gasteiger partial charge is 0.365 e. The summed E-state index contributed by atoms with van der Waals surface area (Å²) >= 11 is 6.11. The van der Waals surface area contributed by atoms with E-state index in [1.165, 1.54) is 12.8 Å². The van der Waals surface area contributed by atoms with Crippen LogP contribution in [0.5, 0.6) is 0 Å². The Bertz CT molecular complexity index is 447. The molecule has 1 atom stereocenters. The van der Waals surface area contributed by atoms with Gasteiger partial charge in [0.1, 0.15) is 5.82 Å². The molecule has 1 aromatic rings. The van der Waals surface area contributed by atoms with Crippen molar-refractivity contribution in [2.45, 2.75) is 44.5 Å². The summed E-state index contributed by atoms with van der Waals surface area (Å²) in [4.78, 5) is 13.8. The summed E-state index contributed by atoms with van der Waals surface area (Å²) in [6, 6.07) is 0.542. The first-order valence-electron chi connectivity index (χ1n) is 7.36. The highest BCUT2D eigenvalue weighted by molar-refractivity contribution is 6.17. The highest BCUT2D eigenvalue weighted by Crippen LogP contribution is 2.29. The van der Waals surface area contributed by atoms with Gasteiger partial charge in [-0.05, 0) is 26.9 Å². The topological polar surface area (TPSA) is 32.3 Å². The van der Waals surface area contributed by atoms with Gasteiger partial charge in [-0.1, -0.05) is 13.8 Å². The van der Waals surface area contributed by atoms with E-state index in [-0.39, 0.29) is 0 Å². The van der Waals surface area contributed by atoms with Crippen LogP contribution in [0.4, 0.5) is 5.69 Å². The maximum Gasteiger partial charge on any atom is 0.131 e. The van der Waals surface area contributed by atoms with Gasteiger partial charge < -0.3 is 9.80 Å². The van der Waals surface area contributed by atoms with Crippen molar-refractivity contribution in [1.82, 2.24) is 14.9 Å². The van der Waals surface area contributed by atoms with Crippen LogP contribution in [0.25, 0.3) is 0 Å². The predicted molar refractivity (Wildman–Crippen MR) is 84.6 cm³/mol. The van der Waals surface area contributed by atoms with Crippen LogP contribution >= 0.6 is 11.6 Å². The quantitative estimate of drug-likeness (QED) is 0.782. The second kappa shape index (κ2) is 6.72. The van der Waals surface area contributed by atoms with E-state index in [0.717, 1.165) is 30.3 Å². The van der Waals surface area contributed by atoms with E-state index in [9.17, 15) is 0 Å². The average Bonchev–Trinajstić information content (AvgIpc) is 2.84. The SMILES string of the molecule is CC(C)c1ncc(N2CCCC2CN(C)C)c(CCl)n1. The molecular weight excluding hydrogens is 272 g/mol. The third kappa shape index (κ3) is 3.41. The van der Waals surface area contributed by atoms with Crippen molar-refractivity contribution in [3.63, 3.8) is 0 Å². The fraction of sp³-hybridized carbons (Fsp3) is 0.733. The van der Waals surface area contributed by atoms with Gasteiger partial charge in [0.05, 0.1) is 23.5 Å². The van der Waals surface area contributed by atoms with Crippen LogP contribution in [0.1, 0.15) is 44.1 Å². The zero-order valence-corrected chi connectivity index (χ0v) is 13.7. The number of hydrogen-bond acceptors (Lipinski definition) is 4. The van der Waals surface area contributed by atoms with Gasteiger partial charge in [-0.15, -0.1) is 11.6 Å². The number of likely N-dealkylation sites (N-methyl/N-ethyl adjacent to an activating group) is 1. The Balaban J connectivity index is 2.26. The second-order valence-corrected chi connectivity index (χ2v) is 6.37. The first-order valence-corrected chi connectivity index (χ1v) is 7.89. The molecule has 5 heteroatoms. The zero-order chi connectivity index (χ0) is 14.7. The number of anilines is 1. The maximum absolute atomic E-state index is 6.11. The fourth-order valence-electron chi connectivity index (χ4n) is 2.81. The average molecular weight is 297 g/mol. The minimum Gasteiger partial charge on any atom is -0.365 e. The number of rotatable bonds is 5. The Labute approximate surface area is 127 Å². The maximum atomic E-state index is 6.11. The summed E-state index contributed by atoms with van der Waals surface area (Å²) in [7, 11) is 4.24. The first-order chi connectivity index (χ1) is 9.52. The normalized spacial score (nSPS) is 19.4. The van der Waals surface area contributed by atoms with Crippen molar-refractivity contribution in [1.29, 1.82) is 0 Å². The standard InChI is InChI=1S/C15H25ClN4/c1-11(2)15-17-9-14(13(8-16)18-15)20-7-5-6-12(20)10-19(3)4/h9,11-12H,5-8,10H2,1-4H3. The lowest BCUT2D eigenvalue weighted by Crippen LogP contribution is -2.38. The lowest BCUT2D eigenvalue weighted by atomic mass is 10.2. The smallest absolute Gasteiger partial charge is 0.131 e. The van der Waals surface area contributed by atoms with Gasteiger partial charge in [-0.3, -0.25) is 0 Å². The van der Waals surface area contributed by atoms with E-state index >= 15 is 0 Å². The lowest BCUT2D eigenvalue weighted by Gasteiger charge is -2.30. The van der Waals surface area contributed by atoms with Crippen LogP contribution in [-0.4, -0.2) is 48.1 Å². The molecule has 0 spiro atoms. The molecule has 0 saturated carbocycles. The van der Waals surface area contributed by atoms with Crippen molar-refractivity contribution in [3.05, 3.63) is 17.7 Å². The minimum atomic E-state index is 0.335. The van der Waals surface area contributed by atoms with Gasteiger partial charge in [0, 0.05) is 25.0 Å². The van der Waals surface area contributed by atoms with Crippen LogP contribution in [0.3, 0.4) is 0 Å². The number of alkyl halides is 1. The van der Waals surface area contributed by atoms with Crippen LogP contribution in [0.15, 0.2) is 6.20 Å². The van der Waals surface area contributed by atoms with E-state index in [0.29, 0.717) is 17.8 Å². The molecule has 0 radical (unpaired) electrons. The van der Waals surface area contributed by atoms with Crippen molar-refractivity contribution in [3.8, 4) is 0 Å². The monoisotopic (exact) mass is 296 g/mol. The van der Waals surface area contributed by atoms with E-state index in [2.05, 4.69) is 47.7 Å². The molecule has 2 heterocycles. The van der Waals surface area contributed by atoms with Crippen LogP contribution in [0.2, 0.25) is 0 Å². The molecule has 112 valence electrons. The summed E-state index contributed by atoms with van der Waals surface area (Å²) < 4.78 is 0. The molecule has 1 aromatic heterocycles. The number of halogens is 1. The Hall–Kier alpha value is -0.870. The number of aromatic nitrogens is 2. The van der Waals surface area contributed by atoms with Crippen molar-refractivity contribution in [2.75, 3.05) is 32.1 Å². The Kier molecular flexibility index (Phi) is 5.22. The Morgan fingerprint density at radius 2 is 2.20 bits per heavy atom. The summed E-state index contributed by atoms with van der Waals surface area (Å²) in [6.07, 6.45) is 4.42. The van der Waals surface area contributed by atoms with Gasteiger partial charge in [-0.2, -0.15) is 0 Å². The molecule has 1 aliphatic rings. The molecule has 1 unspecified atom stereocenters.